The van der Waals surface area contributed by atoms with Crippen molar-refractivity contribution in [2.75, 3.05) is 12.0 Å². The molecule has 5 heteroatoms. The second kappa shape index (κ2) is 4.91. The number of carbonyl (C=O) groups is 1. The Morgan fingerprint density at radius 1 is 1.00 bits per heavy atom. The lowest BCUT2D eigenvalue weighted by atomic mass is 10.0. The van der Waals surface area contributed by atoms with Crippen LogP contribution in [0.5, 0.6) is 5.75 Å². The van der Waals surface area contributed by atoms with Gasteiger partial charge in [-0.25, -0.2) is 0 Å². The molecule has 4 rings (SSSR count). The van der Waals surface area contributed by atoms with Crippen LogP contribution in [0.25, 0.3) is 10.8 Å². The van der Waals surface area contributed by atoms with Crippen molar-refractivity contribution in [3.05, 3.63) is 65.1 Å². The third-order valence-electron chi connectivity index (χ3n) is 4.09. The summed E-state index contributed by atoms with van der Waals surface area (Å²) in [6.45, 7) is 0. The Bertz CT molecular complexity index is 948. The Balaban J connectivity index is 1.96. The van der Waals surface area contributed by atoms with E-state index in [4.69, 9.17) is 4.74 Å². The van der Waals surface area contributed by atoms with Crippen LogP contribution in [0.15, 0.2) is 59.8 Å². The van der Waals surface area contributed by atoms with Crippen LogP contribution >= 0.6 is 0 Å². The van der Waals surface area contributed by atoms with Crippen molar-refractivity contribution in [2.45, 2.75) is 0 Å². The molecule has 0 saturated carbocycles. The summed E-state index contributed by atoms with van der Waals surface area (Å²) in [7, 11) is 1.59. The van der Waals surface area contributed by atoms with Crippen LogP contribution in [-0.2, 0) is 0 Å². The number of methoxy groups -OCH3 is 1. The van der Waals surface area contributed by atoms with Gasteiger partial charge in [0.15, 0.2) is 0 Å². The van der Waals surface area contributed by atoms with Gasteiger partial charge in [-0.3, -0.25) is 9.69 Å². The summed E-state index contributed by atoms with van der Waals surface area (Å²) in [6.07, 6.45) is 0. The fourth-order valence-corrected chi connectivity index (χ4v) is 3.04. The van der Waals surface area contributed by atoms with E-state index in [9.17, 15) is 9.70 Å². The summed E-state index contributed by atoms with van der Waals surface area (Å²) in [5.41, 5.74) is 2.02. The molecule has 0 aliphatic carbocycles. The molecule has 1 amide bonds. The maximum atomic E-state index is 12.9. The second-order valence-corrected chi connectivity index (χ2v) is 5.26. The quantitative estimate of drug-likeness (QED) is 0.667. The highest BCUT2D eigenvalue weighted by molar-refractivity contribution is 6.30. The zero-order chi connectivity index (χ0) is 16.0. The van der Waals surface area contributed by atoms with Gasteiger partial charge in [-0.05, 0) is 47.0 Å². The van der Waals surface area contributed by atoms with E-state index in [-0.39, 0.29) is 11.6 Å². The Hall–Kier alpha value is -3.21. The highest BCUT2D eigenvalue weighted by Gasteiger charge is 2.33. The highest BCUT2D eigenvalue weighted by Crippen LogP contribution is 2.45. The predicted molar refractivity (Wildman–Crippen MR) is 88.9 cm³/mol. The summed E-state index contributed by atoms with van der Waals surface area (Å²) in [6, 6.07) is 16.3. The number of hydrogen-bond donors (Lipinski definition) is 0. The van der Waals surface area contributed by atoms with Gasteiger partial charge in [0.25, 0.3) is 5.91 Å². The Kier molecular flexibility index (Phi) is 2.87. The molecule has 1 aliphatic rings. The molecule has 1 aliphatic heterocycles. The number of amides is 1. The zero-order valence-electron chi connectivity index (χ0n) is 12.3. The summed E-state index contributed by atoms with van der Waals surface area (Å²) in [4.78, 5) is 25.6. The van der Waals surface area contributed by atoms with E-state index >= 15 is 0 Å². The van der Waals surface area contributed by atoms with Crippen molar-refractivity contribution < 1.29 is 9.53 Å². The third-order valence-corrected chi connectivity index (χ3v) is 4.09. The van der Waals surface area contributed by atoms with E-state index in [1.54, 1.807) is 30.2 Å². The number of anilines is 2. The Labute approximate surface area is 132 Å². The van der Waals surface area contributed by atoms with Gasteiger partial charge in [0.1, 0.15) is 11.4 Å². The number of benzene rings is 3. The molecule has 0 radical (unpaired) electrons. The molecule has 112 valence electrons. The minimum Gasteiger partial charge on any atom is -0.497 e. The number of nitrogens with zero attached hydrogens (tertiary/aromatic N) is 2. The lowest BCUT2D eigenvalue weighted by Gasteiger charge is -2.18. The third kappa shape index (κ3) is 1.83. The minimum atomic E-state index is -0.239. The highest BCUT2D eigenvalue weighted by atomic mass is 16.5. The standard InChI is InChI=1S/C18H12N2O3/c1-23-13-8-6-12(7-9-13)20-15-4-2-3-11-5-10-14(19-22)17(16(11)15)18(20)21/h2-10H,1H3. The molecule has 0 fully saturated rings. The molecular formula is C18H12N2O3. The van der Waals surface area contributed by atoms with Crippen molar-refractivity contribution in [1.29, 1.82) is 0 Å². The molecule has 5 nitrogen and oxygen atoms in total. The fraction of sp³-hybridized carbons (Fsp3) is 0.0556. The van der Waals surface area contributed by atoms with Gasteiger partial charge in [0, 0.05) is 11.1 Å². The van der Waals surface area contributed by atoms with E-state index < -0.39 is 0 Å². The lowest BCUT2D eigenvalue weighted by molar-refractivity contribution is 0.101. The molecule has 23 heavy (non-hydrogen) atoms. The van der Waals surface area contributed by atoms with Gasteiger partial charge in [0.2, 0.25) is 0 Å². The molecule has 0 saturated heterocycles. The van der Waals surface area contributed by atoms with Crippen LogP contribution in [0.1, 0.15) is 10.4 Å². The van der Waals surface area contributed by atoms with Crippen molar-refractivity contribution in [3.8, 4) is 5.75 Å². The molecule has 0 spiro atoms. The van der Waals surface area contributed by atoms with Gasteiger partial charge in [-0.2, -0.15) is 0 Å². The molecule has 0 N–H and O–H groups in total. The number of ether oxygens (including phenoxy) is 1. The van der Waals surface area contributed by atoms with Crippen molar-refractivity contribution in [3.63, 3.8) is 0 Å². The lowest BCUT2D eigenvalue weighted by Crippen LogP contribution is -2.20. The minimum absolute atomic E-state index is 0.172. The van der Waals surface area contributed by atoms with Gasteiger partial charge in [-0.15, -0.1) is 4.91 Å². The Morgan fingerprint density at radius 2 is 1.78 bits per heavy atom. The van der Waals surface area contributed by atoms with Crippen LogP contribution in [-0.4, -0.2) is 13.0 Å². The SMILES string of the molecule is COc1ccc(N2C(=O)c3c(N=O)ccc4cccc2c34)cc1. The first-order valence-electron chi connectivity index (χ1n) is 7.12. The molecule has 0 bridgehead atoms. The van der Waals surface area contributed by atoms with Gasteiger partial charge in [0.05, 0.1) is 18.4 Å². The summed E-state index contributed by atoms with van der Waals surface area (Å²) < 4.78 is 5.15. The van der Waals surface area contributed by atoms with Crippen molar-refractivity contribution in [2.24, 2.45) is 5.18 Å². The monoisotopic (exact) mass is 304 g/mol. The van der Waals surface area contributed by atoms with Crippen LogP contribution in [0.2, 0.25) is 0 Å². The first kappa shape index (κ1) is 13.5. The first-order valence-corrected chi connectivity index (χ1v) is 7.12. The topological polar surface area (TPSA) is 59.0 Å². The number of carbonyl (C=O) groups excluding carboxylic acids is 1. The van der Waals surface area contributed by atoms with E-state index in [0.29, 0.717) is 11.3 Å². The molecule has 3 aromatic carbocycles. The predicted octanol–water partition coefficient (Wildman–Crippen LogP) is 4.54. The molecular weight excluding hydrogens is 292 g/mol. The second-order valence-electron chi connectivity index (χ2n) is 5.26. The van der Waals surface area contributed by atoms with Crippen molar-refractivity contribution >= 4 is 33.7 Å². The first-order chi connectivity index (χ1) is 11.2. The summed E-state index contributed by atoms with van der Waals surface area (Å²) in [5, 5.41) is 4.69. The normalized spacial score (nSPS) is 12.7. The molecule has 0 aromatic heterocycles. The average molecular weight is 304 g/mol. The molecule has 0 unspecified atom stereocenters. The molecule has 1 heterocycles. The number of hydrogen-bond acceptors (Lipinski definition) is 4. The number of nitroso groups, excluding NO2 is 1. The van der Waals surface area contributed by atoms with Gasteiger partial charge < -0.3 is 4.74 Å². The number of rotatable bonds is 3. The average Bonchev–Trinajstić information content (AvgIpc) is 2.90. The van der Waals surface area contributed by atoms with Crippen LogP contribution in [0, 0.1) is 4.91 Å². The van der Waals surface area contributed by atoms with Crippen LogP contribution < -0.4 is 9.64 Å². The Morgan fingerprint density at radius 3 is 2.48 bits per heavy atom. The maximum Gasteiger partial charge on any atom is 0.265 e. The molecule has 0 atom stereocenters. The zero-order valence-corrected chi connectivity index (χ0v) is 12.3. The van der Waals surface area contributed by atoms with Crippen molar-refractivity contribution in [1.82, 2.24) is 0 Å². The van der Waals surface area contributed by atoms with Gasteiger partial charge in [-0.1, -0.05) is 18.2 Å². The van der Waals surface area contributed by atoms with E-state index in [0.717, 1.165) is 22.1 Å². The maximum absolute atomic E-state index is 12.9. The molecule has 3 aromatic rings. The van der Waals surface area contributed by atoms with Gasteiger partial charge >= 0.3 is 0 Å². The largest absolute Gasteiger partial charge is 0.497 e. The fourth-order valence-electron chi connectivity index (χ4n) is 3.04. The van der Waals surface area contributed by atoms with Crippen LogP contribution in [0.4, 0.5) is 17.1 Å². The van der Waals surface area contributed by atoms with E-state index in [1.807, 2.05) is 36.4 Å². The van der Waals surface area contributed by atoms with E-state index in [1.165, 1.54) is 0 Å². The smallest absolute Gasteiger partial charge is 0.265 e. The van der Waals surface area contributed by atoms with Crippen LogP contribution in [0.3, 0.4) is 0 Å². The van der Waals surface area contributed by atoms with E-state index in [2.05, 4.69) is 5.18 Å². The summed E-state index contributed by atoms with van der Waals surface area (Å²) >= 11 is 0. The summed E-state index contributed by atoms with van der Waals surface area (Å²) in [5.74, 6) is 0.475.